The predicted octanol–water partition coefficient (Wildman–Crippen LogP) is 4.29. The van der Waals surface area contributed by atoms with Gasteiger partial charge >= 0.3 is 0 Å². The van der Waals surface area contributed by atoms with Gasteiger partial charge in [-0.1, -0.05) is 56.5 Å². The molecule has 104 valence electrons. The largest absolute Gasteiger partial charge is 0.335 e. The summed E-state index contributed by atoms with van der Waals surface area (Å²) in [7, 11) is 0. The molecule has 0 unspecified atom stereocenters. The smallest absolute Gasteiger partial charge is 0.254 e. The molecule has 0 N–H and O–H groups in total. The van der Waals surface area contributed by atoms with E-state index in [1.165, 1.54) is 19.3 Å². The number of rotatable bonds is 8. The highest BCUT2D eigenvalue weighted by molar-refractivity contribution is 5.94. The maximum absolute atomic E-state index is 12.4. The molecule has 0 aliphatic rings. The summed E-state index contributed by atoms with van der Waals surface area (Å²) in [6.07, 6.45) is 4.71. The summed E-state index contributed by atoms with van der Waals surface area (Å²) in [4.78, 5) is 14.3. The molecule has 1 aromatic carbocycles. The van der Waals surface area contributed by atoms with Crippen LogP contribution in [0.4, 0.5) is 0 Å². The Morgan fingerprint density at radius 2 is 1.84 bits per heavy atom. The zero-order valence-electron chi connectivity index (χ0n) is 12.2. The Kier molecular flexibility index (Phi) is 6.94. The molecule has 0 radical (unpaired) electrons. The van der Waals surface area contributed by atoms with Crippen molar-refractivity contribution in [3.8, 4) is 0 Å². The first-order valence-corrected chi connectivity index (χ1v) is 7.14. The van der Waals surface area contributed by atoms with Crippen molar-refractivity contribution in [3.05, 3.63) is 48.0 Å². The Hall–Kier alpha value is -1.57. The molecule has 2 heteroatoms. The second kappa shape index (κ2) is 8.52. The van der Waals surface area contributed by atoms with Gasteiger partial charge in [-0.15, -0.1) is 0 Å². The van der Waals surface area contributed by atoms with Crippen LogP contribution in [0.3, 0.4) is 0 Å². The maximum Gasteiger partial charge on any atom is 0.254 e. The number of nitrogens with zero attached hydrogens (tertiary/aromatic N) is 1. The topological polar surface area (TPSA) is 20.3 Å². The van der Waals surface area contributed by atoms with Gasteiger partial charge < -0.3 is 4.90 Å². The standard InChI is InChI=1S/C17H25NO/c1-4-5-6-10-13-18(14-15(2)3)17(19)16-11-8-7-9-12-16/h7-9,11-12H,2,4-6,10,13-14H2,1,3H3. The summed E-state index contributed by atoms with van der Waals surface area (Å²) in [5.41, 5.74) is 1.79. The number of hydrogen-bond acceptors (Lipinski definition) is 1. The maximum atomic E-state index is 12.4. The van der Waals surface area contributed by atoms with Crippen molar-refractivity contribution in [1.29, 1.82) is 0 Å². The minimum atomic E-state index is 0.111. The van der Waals surface area contributed by atoms with Crippen molar-refractivity contribution in [2.75, 3.05) is 13.1 Å². The van der Waals surface area contributed by atoms with Gasteiger partial charge in [0.15, 0.2) is 0 Å². The van der Waals surface area contributed by atoms with Crippen molar-refractivity contribution in [3.63, 3.8) is 0 Å². The Morgan fingerprint density at radius 3 is 2.42 bits per heavy atom. The van der Waals surface area contributed by atoms with Crippen molar-refractivity contribution >= 4 is 5.91 Å². The average Bonchev–Trinajstić information content (AvgIpc) is 2.42. The summed E-state index contributed by atoms with van der Waals surface area (Å²) in [5.74, 6) is 0.111. The van der Waals surface area contributed by atoms with E-state index in [9.17, 15) is 4.79 Å². The molecule has 0 bridgehead atoms. The molecule has 0 aliphatic heterocycles. The molecule has 19 heavy (non-hydrogen) atoms. The van der Waals surface area contributed by atoms with Crippen molar-refractivity contribution in [1.82, 2.24) is 4.90 Å². The van der Waals surface area contributed by atoms with E-state index < -0.39 is 0 Å². The highest BCUT2D eigenvalue weighted by Gasteiger charge is 2.14. The molecule has 0 saturated carbocycles. The normalized spacial score (nSPS) is 10.2. The first-order valence-electron chi connectivity index (χ1n) is 7.14. The van der Waals surface area contributed by atoms with Crippen molar-refractivity contribution < 1.29 is 4.79 Å². The third kappa shape index (κ3) is 5.73. The molecule has 1 aromatic rings. The summed E-state index contributed by atoms with van der Waals surface area (Å²) in [5, 5.41) is 0. The van der Waals surface area contributed by atoms with Crippen LogP contribution in [0.1, 0.15) is 49.9 Å². The first kappa shape index (κ1) is 15.5. The lowest BCUT2D eigenvalue weighted by molar-refractivity contribution is 0.0767. The van der Waals surface area contributed by atoms with Crippen LogP contribution in [0.5, 0.6) is 0 Å². The minimum Gasteiger partial charge on any atom is -0.335 e. The van der Waals surface area contributed by atoms with Gasteiger partial charge in [0, 0.05) is 18.7 Å². The van der Waals surface area contributed by atoms with Crippen LogP contribution >= 0.6 is 0 Å². The third-order valence-electron chi connectivity index (χ3n) is 3.05. The van der Waals surface area contributed by atoms with Crippen LogP contribution in [0.25, 0.3) is 0 Å². The SMILES string of the molecule is C=C(C)CN(CCCCCC)C(=O)c1ccccc1. The lowest BCUT2D eigenvalue weighted by Gasteiger charge is -2.23. The van der Waals surface area contributed by atoms with Gasteiger partial charge in [0.05, 0.1) is 0 Å². The molecule has 0 aliphatic carbocycles. The number of hydrogen-bond donors (Lipinski definition) is 0. The second-order valence-electron chi connectivity index (χ2n) is 5.11. The van der Waals surface area contributed by atoms with Gasteiger partial charge in [0.2, 0.25) is 0 Å². The Morgan fingerprint density at radius 1 is 1.16 bits per heavy atom. The molecule has 0 spiro atoms. The van der Waals surface area contributed by atoms with E-state index in [0.29, 0.717) is 6.54 Å². The Labute approximate surface area is 117 Å². The van der Waals surface area contributed by atoms with Crippen LogP contribution in [0.2, 0.25) is 0 Å². The van der Waals surface area contributed by atoms with Crippen LogP contribution in [-0.4, -0.2) is 23.9 Å². The number of amides is 1. The number of carbonyl (C=O) groups excluding carboxylic acids is 1. The van der Waals surface area contributed by atoms with E-state index in [4.69, 9.17) is 0 Å². The van der Waals surface area contributed by atoms with Crippen molar-refractivity contribution in [2.24, 2.45) is 0 Å². The fraction of sp³-hybridized carbons (Fsp3) is 0.471. The summed E-state index contributed by atoms with van der Waals surface area (Å²) in [6.45, 7) is 9.56. The molecule has 0 fully saturated rings. The molecular weight excluding hydrogens is 234 g/mol. The number of unbranched alkanes of at least 4 members (excludes halogenated alkanes) is 3. The molecule has 1 amide bonds. The van der Waals surface area contributed by atoms with Gasteiger partial charge in [0.25, 0.3) is 5.91 Å². The van der Waals surface area contributed by atoms with E-state index in [1.807, 2.05) is 42.2 Å². The average molecular weight is 259 g/mol. The summed E-state index contributed by atoms with van der Waals surface area (Å²) < 4.78 is 0. The summed E-state index contributed by atoms with van der Waals surface area (Å²) >= 11 is 0. The molecule has 0 aromatic heterocycles. The van der Waals surface area contributed by atoms with E-state index in [-0.39, 0.29) is 5.91 Å². The van der Waals surface area contributed by atoms with Gasteiger partial charge in [-0.3, -0.25) is 4.79 Å². The Balaban J connectivity index is 2.62. The molecule has 2 nitrogen and oxygen atoms in total. The number of benzene rings is 1. The Bertz CT molecular complexity index is 397. The van der Waals surface area contributed by atoms with Crippen LogP contribution in [-0.2, 0) is 0 Å². The lowest BCUT2D eigenvalue weighted by atomic mass is 10.1. The fourth-order valence-corrected chi connectivity index (χ4v) is 2.07. The van der Waals surface area contributed by atoms with Gasteiger partial charge in [-0.05, 0) is 25.5 Å². The predicted molar refractivity (Wildman–Crippen MR) is 81.3 cm³/mol. The fourth-order valence-electron chi connectivity index (χ4n) is 2.07. The van der Waals surface area contributed by atoms with E-state index in [0.717, 1.165) is 24.1 Å². The number of carbonyl (C=O) groups is 1. The second-order valence-corrected chi connectivity index (χ2v) is 5.11. The molecule has 0 atom stereocenters. The quantitative estimate of drug-likeness (QED) is 0.504. The van der Waals surface area contributed by atoms with E-state index >= 15 is 0 Å². The van der Waals surface area contributed by atoms with Crippen molar-refractivity contribution in [2.45, 2.75) is 39.5 Å². The monoisotopic (exact) mass is 259 g/mol. The van der Waals surface area contributed by atoms with E-state index in [1.54, 1.807) is 0 Å². The van der Waals surface area contributed by atoms with Gasteiger partial charge in [-0.25, -0.2) is 0 Å². The molecular formula is C17H25NO. The van der Waals surface area contributed by atoms with Crippen LogP contribution in [0, 0.1) is 0 Å². The molecule has 0 heterocycles. The zero-order valence-corrected chi connectivity index (χ0v) is 12.2. The van der Waals surface area contributed by atoms with Gasteiger partial charge in [-0.2, -0.15) is 0 Å². The van der Waals surface area contributed by atoms with Crippen LogP contribution < -0.4 is 0 Å². The van der Waals surface area contributed by atoms with Crippen LogP contribution in [0.15, 0.2) is 42.5 Å². The third-order valence-corrected chi connectivity index (χ3v) is 3.05. The first-order chi connectivity index (χ1) is 9.15. The molecule has 0 saturated heterocycles. The zero-order chi connectivity index (χ0) is 14.1. The minimum absolute atomic E-state index is 0.111. The molecule has 1 rings (SSSR count). The van der Waals surface area contributed by atoms with E-state index in [2.05, 4.69) is 13.5 Å². The highest BCUT2D eigenvalue weighted by atomic mass is 16.2. The van der Waals surface area contributed by atoms with Gasteiger partial charge in [0.1, 0.15) is 0 Å². The summed E-state index contributed by atoms with van der Waals surface area (Å²) in [6, 6.07) is 9.49. The highest BCUT2D eigenvalue weighted by Crippen LogP contribution is 2.09. The lowest BCUT2D eigenvalue weighted by Crippen LogP contribution is -2.33.